The first-order valence-electron chi connectivity index (χ1n) is 8.74. The van der Waals surface area contributed by atoms with Gasteiger partial charge in [-0.25, -0.2) is 0 Å². The minimum Gasteiger partial charge on any atom is -0.377 e. The summed E-state index contributed by atoms with van der Waals surface area (Å²) in [6.07, 6.45) is 6.72. The highest BCUT2D eigenvalue weighted by atomic mass is 16.5. The Bertz CT molecular complexity index is 298. The van der Waals surface area contributed by atoms with Gasteiger partial charge in [0.2, 0.25) is 0 Å². The van der Waals surface area contributed by atoms with E-state index in [1.807, 2.05) is 0 Å². The van der Waals surface area contributed by atoms with Gasteiger partial charge in [-0.05, 0) is 57.9 Å². The average molecular weight is 299 g/mol. The Hall–Kier alpha value is -0.120. The van der Waals surface area contributed by atoms with Crippen LogP contribution in [0.2, 0.25) is 0 Å². The molecule has 1 aliphatic rings. The van der Waals surface area contributed by atoms with E-state index < -0.39 is 0 Å². The number of hydrogen-bond acceptors (Lipinski definition) is 3. The van der Waals surface area contributed by atoms with Crippen molar-refractivity contribution in [3.05, 3.63) is 0 Å². The molecule has 0 amide bonds. The van der Waals surface area contributed by atoms with Crippen molar-refractivity contribution in [2.24, 2.45) is 17.1 Å². The number of nitrogens with two attached hydrogens (primary N) is 1. The Labute approximate surface area is 132 Å². The van der Waals surface area contributed by atoms with Gasteiger partial charge in [-0.1, -0.05) is 27.2 Å². The molecule has 0 bridgehead atoms. The van der Waals surface area contributed by atoms with Crippen LogP contribution in [0.3, 0.4) is 0 Å². The number of likely N-dealkylation sites (N-methyl/N-ethyl adjacent to an activating group) is 1. The van der Waals surface area contributed by atoms with Crippen LogP contribution in [0.25, 0.3) is 0 Å². The van der Waals surface area contributed by atoms with Crippen LogP contribution < -0.4 is 5.73 Å². The molecule has 0 saturated heterocycles. The predicted molar refractivity (Wildman–Crippen MR) is 91.5 cm³/mol. The maximum atomic E-state index is 6.21. The topological polar surface area (TPSA) is 38.5 Å². The van der Waals surface area contributed by atoms with Crippen molar-refractivity contribution in [2.45, 2.75) is 78.4 Å². The third-order valence-electron chi connectivity index (χ3n) is 5.45. The SMILES string of the molecule is CC(C)OCCN(C)C1(CN)CCCC(C(C)(C)C)CC1. The minimum atomic E-state index is 0.181. The lowest BCUT2D eigenvalue weighted by Gasteiger charge is -2.41. The smallest absolute Gasteiger partial charge is 0.0597 e. The van der Waals surface area contributed by atoms with E-state index in [1.165, 1.54) is 32.1 Å². The maximum absolute atomic E-state index is 6.21. The Morgan fingerprint density at radius 1 is 1.24 bits per heavy atom. The first-order chi connectivity index (χ1) is 9.71. The van der Waals surface area contributed by atoms with Crippen LogP contribution in [-0.4, -0.2) is 43.3 Å². The fourth-order valence-corrected chi connectivity index (χ4v) is 3.66. The molecule has 0 aromatic carbocycles. The van der Waals surface area contributed by atoms with E-state index in [0.717, 1.165) is 25.6 Å². The molecule has 0 aromatic rings. The van der Waals surface area contributed by atoms with Gasteiger partial charge in [0, 0.05) is 18.6 Å². The number of nitrogens with zero attached hydrogens (tertiary/aromatic N) is 1. The molecule has 0 aromatic heterocycles. The molecule has 2 atom stereocenters. The van der Waals surface area contributed by atoms with E-state index in [4.69, 9.17) is 10.5 Å². The monoisotopic (exact) mass is 298 g/mol. The van der Waals surface area contributed by atoms with Gasteiger partial charge >= 0.3 is 0 Å². The van der Waals surface area contributed by atoms with Crippen LogP contribution in [-0.2, 0) is 4.74 Å². The molecule has 1 fully saturated rings. The molecular weight excluding hydrogens is 260 g/mol. The molecule has 0 radical (unpaired) electrons. The molecule has 1 saturated carbocycles. The molecule has 1 aliphatic carbocycles. The summed E-state index contributed by atoms with van der Waals surface area (Å²) in [5.41, 5.74) is 6.81. The maximum Gasteiger partial charge on any atom is 0.0597 e. The average Bonchev–Trinajstić information content (AvgIpc) is 2.60. The minimum absolute atomic E-state index is 0.181. The third kappa shape index (κ3) is 5.54. The van der Waals surface area contributed by atoms with E-state index in [-0.39, 0.29) is 5.54 Å². The lowest BCUT2D eigenvalue weighted by atomic mass is 9.76. The molecule has 2 N–H and O–H groups in total. The Morgan fingerprint density at radius 2 is 1.90 bits per heavy atom. The fraction of sp³-hybridized carbons (Fsp3) is 1.00. The molecule has 3 nitrogen and oxygen atoms in total. The van der Waals surface area contributed by atoms with Crippen LogP contribution in [0.5, 0.6) is 0 Å². The summed E-state index contributed by atoms with van der Waals surface area (Å²) in [5, 5.41) is 0. The van der Waals surface area contributed by atoms with Gasteiger partial charge in [-0.3, -0.25) is 4.90 Å². The highest BCUT2D eigenvalue weighted by Gasteiger charge is 2.37. The Balaban J connectivity index is 2.63. The van der Waals surface area contributed by atoms with Gasteiger partial charge in [-0.2, -0.15) is 0 Å². The Kier molecular flexibility index (Phi) is 7.15. The molecular formula is C18H38N2O. The standard InChI is InChI=1S/C18H38N2O/c1-15(2)21-13-12-20(6)18(14-19)10-7-8-16(9-11-18)17(3,4)5/h15-16H,7-14,19H2,1-6H3. The van der Waals surface area contributed by atoms with Crippen molar-refractivity contribution in [1.29, 1.82) is 0 Å². The summed E-state index contributed by atoms with van der Waals surface area (Å²) in [7, 11) is 2.23. The number of ether oxygens (including phenoxy) is 1. The molecule has 0 aliphatic heterocycles. The van der Waals surface area contributed by atoms with Crippen molar-refractivity contribution in [2.75, 3.05) is 26.7 Å². The molecule has 126 valence electrons. The zero-order valence-electron chi connectivity index (χ0n) is 15.2. The van der Waals surface area contributed by atoms with Gasteiger partial charge < -0.3 is 10.5 Å². The second kappa shape index (κ2) is 7.94. The Morgan fingerprint density at radius 3 is 2.43 bits per heavy atom. The first-order valence-corrected chi connectivity index (χ1v) is 8.74. The van der Waals surface area contributed by atoms with Gasteiger partial charge in [0.05, 0.1) is 12.7 Å². The van der Waals surface area contributed by atoms with Crippen LogP contribution in [0.15, 0.2) is 0 Å². The van der Waals surface area contributed by atoms with Crippen molar-refractivity contribution >= 4 is 0 Å². The zero-order chi connectivity index (χ0) is 16.1. The van der Waals surface area contributed by atoms with Gasteiger partial charge in [-0.15, -0.1) is 0 Å². The van der Waals surface area contributed by atoms with E-state index in [9.17, 15) is 0 Å². The van der Waals surface area contributed by atoms with E-state index in [1.54, 1.807) is 0 Å². The lowest BCUT2D eigenvalue weighted by Crippen LogP contribution is -2.53. The second-order valence-electron chi connectivity index (χ2n) is 8.26. The van der Waals surface area contributed by atoms with E-state index >= 15 is 0 Å². The van der Waals surface area contributed by atoms with Crippen molar-refractivity contribution in [3.63, 3.8) is 0 Å². The first kappa shape index (κ1) is 18.9. The summed E-state index contributed by atoms with van der Waals surface area (Å²) in [6.45, 7) is 13.9. The van der Waals surface area contributed by atoms with Crippen molar-refractivity contribution < 1.29 is 4.74 Å². The molecule has 0 heterocycles. The predicted octanol–water partition coefficient (Wildman–Crippen LogP) is 3.67. The lowest BCUT2D eigenvalue weighted by molar-refractivity contribution is 0.0287. The highest BCUT2D eigenvalue weighted by molar-refractivity contribution is 4.94. The van der Waals surface area contributed by atoms with Crippen LogP contribution in [0.1, 0.15) is 66.7 Å². The largest absolute Gasteiger partial charge is 0.377 e. The van der Waals surface area contributed by atoms with Crippen LogP contribution in [0, 0.1) is 11.3 Å². The van der Waals surface area contributed by atoms with Gasteiger partial charge in [0.25, 0.3) is 0 Å². The number of hydrogen-bond donors (Lipinski definition) is 1. The summed E-state index contributed by atoms with van der Waals surface area (Å²) in [6, 6.07) is 0. The molecule has 3 heteroatoms. The van der Waals surface area contributed by atoms with Crippen molar-refractivity contribution in [1.82, 2.24) is 4.90 Å². The number of rotatable bonds is 6. The van der Waals surface area contributed by atoms with E-state index in [0.29, 0.717) is 11.5 Å². The highest BCUT2D eigenvalue weighted by Crippen LogP contribution is 2.41. The summed E-state index contributed by atoms with van der Waals surface area (Å²) < 4.78 is 5.72. The molecule has 21 heavy (non-hydrogen) atoms. The summed E-state index contributed by atoms with van der Waals surface area (Å²) >= 11 is 0. The molecule has 1 rings (SSSR count). The second-order valence-corrected chi connectivity index (χ2v) is 8.26. The van der Waals surface area contributed by atoms with Gasteiger partial charge in [0.15, 0.2) is 0 Å². The van der Waals surface area contributed by atoms with Crippen LogP contribution >= 0.6 is 0 Å². The normalized spacial score (nSPS) is 28.1. The molecule has 0 spiro atoms. The van der Waals surface area contributed by atoms with Gasteiger partial charge in [0.1, 0.15) is 0 Å². The summed E-state index contributed by atoms with van der Waals surface area (Å²) in [4.78, 5) is 2.47. The third-order valence-corrected chi connectivity index (χ3v) is 5.45. The summed E-state index contributed by atoms with van der Waals surface area (Å²) in [5.74, 6) is 0.825. The van der Waals surface area contributed by atoms with E-state index in [2.05, 4.69) is 46.6 Å². The van der Waals surface area contributed by atoms with Crippen LogP contribution in [0.4, 0.5) is 0 Å². The quantitative estimate of drug-likeness (QED) is 0.760. The zero-order valence-corrected chi connectivity index (χ0v) is 15.2. The fourth-order valence-electron chi connectivity index (χ4n) is 3.66. The van der Waals surface area contributed by atoms with Crippen molar-refractivity contribution in [3.8, 4) is 0 Å². The molecule has 2 unspecified atom stereocenters.